The average Bonchev–Trinajstić information content (AvgIpc) is 2.38. The van der Waals surface area contributed by atoms with Crippen molar-refractivity contribution in [1.29, 1.82) is 0 Å². The minimum absolute atomic E-state index is 0.183. The van der Waals surface area contributed by atoms with Crippen LogP contribution < -0.4 is 4.90 Å². The van der Waals surface area contributed by atoms with Crippen molar-refractivity contribution in [1.82, 2.24) is 0 Å². The van der Waals surface area contributed by atoms with Gasteiger partial charge in [-0.25, -0.2) is 8.42 Å². The molecule has 0 spiro atoms. The van der Waals surface area contributed by atoms with E-state index in [0.717, 1.165) is 6.26 Å². The number of benzene rings is 1. The third-order valence-electron chi connectivity index (χ3n) is 2.79. The van der Waals surface area contributed by atoms with Gasteiger partial charge in [0.1, 0.15) is 0 Å². The van der Waals surface area contributed by atoms with E-state index in [9.17, 15) is 18.3 Å². The van der Waals surface area contributed by atoms with Gasteiger partial charge in [-0.1, -0.05) is 6.08 Å². The second-order valence-corrected chi connectivity index (χ2v) is 6.25. The summed E-state index contributed by atoms with van der Waals surface area (Å²) in [6.45, 7) is 0. The van der Waals surface area contributed by atoms with Gasteiger partial charge in [0.25, 0.3) is 0 Å². The van der Waals surface area contributed by atoms with Crippen LogP contribution in [0.5, 0.6) is 0 Å². The largest absolute Gasteiger partial charge is 0.361 e. The maximum absolute atomic E-state index is 11.4. The van der Waals surface area contributed by atoms with Gasteiger partial charge in [-0.3, -0.25) is 4.79 Å². The van der Waals surface area contributed by atoms with Crippen molar-refractivity contribution in [3.63, 3.8) is 0 Å². The van der Waals surface area contributed by atoms with Crippen molar-refractivity contribution in [2.24, 2.45) is 0 Å². The van der Waals surface area contributed by atoms with Crippen molar-refractivity contribution < 1.29 is 18.3 Å². The van der Waals surface area contributed by atoms with Gasteiger partial charge < -0.3 is 10.0 Å². The molecule has 0 saturated heterocycles. The molecule has 1 aromatic rings. The molecule has 0 fully saturated rings. The lowest BCUT2D eigenvalue weighted by molar-refractivity contribution is -0.119. The molecule has 100 valence electrons. The Balaban J connectivity index is 2.40. The third-order valence-corrected chi connectivity index (χ3v) is 3.92. The van der Waals surface area contributed by atoms with E-state index in [1.54, 1.807) is 18.4 Å². The van der Waals surface area contributed by atoms with Crippen LogP contribution in [0.2, 0.25) is 0 Å². The van der Waals surface area contributed by atoms with Crippen molar-refractivity contribution in [2.75, 3.05) is 11.2 Å². The summed E-state index contributed by atoms with van der Waals surface area (Å²) < 4.78 is 22.7. The average molecular weight is 279 g/mol. The van der Waals surface area contributed by atoms with Crippen molar-refractivity contribution in [3.8, 4) is 0 Å². The first kappa shape index (κ1) is 13.5. The second-order valence-electron chi connectivity index (χ2n) is 4.24. The molecule has 0 amide bonds. The van der Waals surface area contributed by atoms with Crippen molar-refractivity contribution in [2.45, 2.75) is 10.6 Å². The van der Waals surface area contributed by atoms with E-state index < -0.39 is 15.6 Å². The lowest BCUT2D eigenvalue weighted by Gasteiger charge is -2.34. The number of anilines is 1. The van der Waals surface area contributed by atoms with Crippen molar-refractivity contribution >= 4 is 21.8 Å². The van der Waals surface area contributed by atoms with Gasteiger partial charge in [-0.15, -0.1) is 0 Å². The van der Waals surface area contributed by atoms with Crippen LogP contribution in [0.1, 0.15) is 0 Å². The summed E-state index contributed by atoms with van der Waals surface area (Å²) in [5.74, 6) is 0. The Bertz CT molecular complexity index is 646. The molecule has 0 radical (unpaired) electrons. The molecule has 1 atom stereocenters. The third kappa shape index (κ3) is 2.59. The Kier molecular flexibility index (Phi) is 3.30. The second kappa shape index (κ2) is 4.64. The van der Waals surface area contributed by atoms with Gasteiger partial charge >= 0.3 is 0 Å². The Morgan fingerprint density at radius 3 is 2.37 bits per heavy atom. The van der Waals surface area contributed by atoms with Crippen LogP contribution in [0.3, 0.4) is 0 Å². The van der Waals surface area contributed by atoms with Gasteiger partial charge in [0.05, 0.1) is 4.90 Å². The lowest BCUT2D eigenvalue weighted by Crippen LogP contribution is -2.46. The van der Waals surface area contributed by atoms with Gasteiger partial charge in [0, 0.05) is 18.1 Å². The molecule has 2 rings (SSSR count). The number of aliphatic hydroxyl groups is 1. The molecule has 0 bridgehead atoms. The predicted octanol–water partition coefficient (Wildman–Crippen LogP) is 0.867. The van der Waals surface area contributed by atoms with Gasteiger partial charge in [-0.2, -0.15) is 0 Å². The summed E-state index contributed by atoms with van der Waals surface area (Å²) >= 11 is 0. The molecule has 1 aromatic carbocycles. The minimum Gasteiger partial charge on any atom is -0.361 e. The van der Waals surface area contributed by atoms with Crippen LogP contribution in [0.15, 0.2) is 53.6 Å². The SMILES string of the molecule is CS(=O)(=O)c1ccc(N2C=CC=CC2(O)C=O)cc1. The quantitative estimate of drug-likeness (QED) is 0.831. The highest BCUT2D eigenvalue weighted by atomic mass is 32.2. The number of hydrogen-bond acceptors (Lipinski definition) is 5. The fourth-order valence-electron chi connectivity index (χ4n) is 1.78. The summed E-state index contributed by atoms with van der Waals surface area (Å²) in [7, 11) is -3.27. The highest BCUT2D eigenvalue weighted by Crippen LogP contribution is 2.26. The summed E-state index contributed by atoms with van der Waals surface area (Å²) in [4.78, 5) is 12.6. The number of sulfone groups is 1. The van der Waals surface area contributed by atoms with E-state index in [1.807, 2.05) is 0 Å². The van der Waals surface area contributed by atoms with Crippen molar-refractivity contribution in [3.05, 3.63) is 48.7 Å². The maximum Gasteiger partial charge on any atom is 0.219 e. The molecule has 1 unspecified atom stereocenters. The van der Waals surface area contributed by atoms with E-state index in [1.165, 1.54) is 35.2 Å². The minimum atomic E-state index is -3.27. The van der Waals surface area contributed by atoms with Gasteiger partial charge in [-0.05, 0) is 36.4 Å². The number of carbonyl (C=O) groups excluding carboxylic acids is 1. The fraction of sp³-hybridized carbons (Fsp3) is 0.154. The lowest BCUT2D eigenvalue weighted by atomic mass is 10.1. The van der Waals surface area contributed by atoms with Gasteiger partial charge in [0.2, 0.25) is 5.72 Å². The summed E-state index contributed by atoms with van der Waals surface area (Å²) in [6, 6.07) is 5.94. The zero-order chi connectivity index (χ0) is 14.1. The summed E-state index contributed by atoms with van der Waals surface area (Å²) in [6.07, 6.45) is 7.66. The number of nitrogens with zero attached hydrogens (tertiary/aromatic N) is 1. The van der Waals surface area contributed by atoms with Crippen LogP contribution in [-0.2, 0) is 14.6 Å². The zero-order valence-electron chi connectivity index (χ0n) is 10.2. The fourth-order valence-corrected chi connectivity index (χ4v) is 2.41. The zero-order valence-corrected chi connectivity index (χ0v) is 11.0. The van der Waals surface area contributed by atoms with E-state index in [0.29, 0.717) is 12.0 Å². The molecule has 5 nitrogen and oxygen atoms in total. The van der Waals surface area contributed by atoms with Gasteiger partial charge in [0.15, 0.2) is 16.1 Å². The molecule has 0 aliphatic carbocycles. The Hall–Kier alpha value is -1.92. The number of carbonyl (C=O) groups is 1. The topological polar surface area (TPSA) is 74.7 Å². The Morgan fingerprint density at radius 1 is 1.21 bits per heavy atom. The highest BCUT2D eigenvalue weighted by molar-refractivity contribution is 7.90. The number of aldehydes is 1. The van der Waals surface area contributed by atoms with E-state index in [-0.39, 0.29) is 4.90 Å². The predicted molar refractivity (Wildman–Crippen MR) is 71.3 cm³/mol. The summed E-state index contributed by atoms with van der Waals surface area (Å²) in [5, 5.41) is 10.1. The van der Waals surface area contributed by atoms with Crippen LogP contribution >= 0.6 is 0 Å². The molecule has 1 aliphatic heterocycles. The molecule has 19 heavy (non-hydrogen) atoms. The molecule has 1 heterocycles. The molecule has 1 aliphatic rings. The number of hydrogen-bond donors (Lipinski definition) is 1. The molecule has 1 N–H and O–H groups in total. The highest BCUT2D eigenvalue weighted by Gasteiger charge is 2.31. The molecular weight excluding hydrogens is 266 g/mol. The van der Waals surface area contributed by atoms with Crippen LogP contribution in [0.25, 0.3) is 0 Å². The Labute approximate surface area is 111 Å². The van der Waals surface area contributed by atoms with E-state index in [2.05, 4.69) is 0 Å². The summed E-state index contributed by atoms with van der Waals surface area (Å²) in [5.41, 5.74) is -1.23. The Morgan fingerprint density at radius 2 is 1.84 bits per heavy atom. The first-order chi connectivity index (χ1) is 8.87. The number of rotatable bonds is 3. The first-order valence-corrected chi connectivity index (χ1v) is 7.40. The van der Waals surface area contributed by atoms with Crippen LogP contribution in [0.4, 0.5) is 5.69 Å². The number of allylic oxidation sites excluding steroid dienone is 2. The first-order valence-electron chi connectivity index (χ1n) is 5.51. The monoisotopic (exact) mass is 279 g/mol. The van der Waals surface area contributed by atoms with E-state index >= 15 is 0 Å². The normalized spacial score (nSPS) is 22.5. The smallest absolute Gasteiger partial charge is 0.219 e. The standard InChI is InChI=1S/C13H13NO4S/c1-19(17,18)12-6-4-11(5-7-12)14-9-3-2-8-13(14,16)10-15/h2-10,16H,1H3. The molecule has 0 aromatic heterocycles. The van der Waals surface area contributed by atoms with E-state index in [4.69, 9.17) is 0 Å². The maximum atomic E-state index is 11.4. The molecular formula is C13H13NO4S. The molecule has 0 saturated carbocycles. The molecule has 6 heteroatoms. The van der Waals surface area contributed by atoms with Crippen LogP contribution in [-0.4, -0.2) is 31.8 Å². The van der Waals surface area contributed by atoms with Crippen LogP contribution in [0, 0.1) is 0 Å².